The van der Waals surface area contributed by atoms with Crippen LogP contribution in [0.5, 0.6) is 0 Å². The number of nitrogens with one attached hydrogen (secondary N) is 1. The number of hydrogen-bond acceptors (Lipinski definition) is 4. The molecule has 0 aromatic heterocycles. The third-order valence-electron chi connectivity index (χ3n) is 7.02. The highest BCUT2D eigenvalue weighted by Gasteiger charge is 2.23. The number of rotatable bonds is 10. The van der Waals surface area contributed by atoms with Gasteiger partial charge in [-0.2, -0.15) is 0 Å². The zero-order chi connectivity index (χ0) is 26.4. The third-order valence-corrected chi connectivity index (χ3v) is 7.02. The van der Waals surface area contributed by atoms with Gasteiger partial charge in [0.1, 0.15) is 6.23 Å². The number of aryl methyl sites for hydroxylation is 1. The van der Waals surface area contributed by atoms with E-state index in [0.717, 1.165) is 24.0 Å². The molecule has 4 rings (SSSR count). The average Bonchev–Trinajstić information content (AvgIpc) is 2.92. The minimum absolute atomic E-state index is 0.0657. The van der Waals surface area contributed by atoms with Gasteiger partial charge in [-0.3, -0.25) is 9.59 Å². The summed E-state index contributed by atoms with van der Waals surface area (Å²) in [6.45, 7) is 2.00. The molecule has 1 aliphatic carbocycles. The molecule has 37 heavy (non-hydrogen) atoms. The molecule has 6 nitrogen and oxygen atoms in total. The van der Waals surface area contributed by atoms with Crippen molar-refractivity contribution >= 4 is 29.3 Å². The molecule has 192 valence electrons. The van der Waals surface area contributed by atoms with Gasteiger partial charge in [-0.25, -0.2) is 0 Å². The molecule has 0 spiro atoms. The van der Waals surface area contributed by atoms with E-state index in [1.54, 1.807) is 24.1 Å². The predicted octanol–water partition coefficient (Wildman–Crippen LogP) is 5.86. The fourth-order valence-electron chi connectivity index (χ4n) is 4.83. The molecule has 6 heteroatoms. The Labute approximate surface area is 218 Å². The molecule has 0 saturated carbocycles. The summed E-state index contributed by atoms with van der Waals surface area (Å²) < 4.78 is 0. The summed E-state index contributed by atoms with van der Waals surface area (Å²) >= 11 is 0. The fraction of sp³-hybridized carbons (Fsp3) is 0.290. The number of carboxylic acid groups (broad SMARTS) is 1. The van der Waals surface area contributed by atoms with E-state index in [1.165, 1.54) is 11.1 Å². The van der Waals surface area contributed by atoms with Gasteiger partial charge in [-0.15, -0.1) is 0 Å². The SMILES string of the molecule is CC(c1cccc2c1CCC=C2)C(O)Nc1cc(N(C)C(=O)c2ccccc2)ccc1CCCC(=O)O. The van der Waals surface area contributed by atoms with Crippen molar-refractivity contribution in [2.24, 2.45) is 0 Å². The van der Waals surface area contributed by atoms with E-state index in [2.05, 4.69) is 29.6 Å². The maximum atomic E-state index is 13.0. The van der Waals surface area contributed by atoms with Crippen LogP contribution < -0.4 is 10.2 Å². The van der Waals surface area contributed by atoms with Crippen molar-refractivity contribution in [2.75, 3.05) is 17.3 Å². The number of aliphatic hydroxyl groups is 1. The second-order valence-electron chi connectivity index (χ2n) is 9.55. The largest absolute Gasteiger partial charge is 0.481 e. The summed E-state index contributed by atoms with van der Waals surface area (Å²) in [5.74, 6) is -1.15. The first-order valence-corrected chi connectivity index (χ1v) is 12.8. The molecule has 0 aliphatic heterocycles. The molecule has 0 saturated heterocycles. The van der Waals surface area contributed by atoms with Crippen LogP contribution in [-0.2, 0) is 17.6 Å². The smallest absolute Gasteiger partial charge is 0.303 e. The van der Waals surface area contributed by atoms with E-state index in [-0.39, 0.29) is 18.2 Å². The first-order valence-electron chi connectivity index (χ1n) is 12.8. The van der Waals surface area contributed by atoms with Gasteiger partial charge in [-0.05, 0) is 72.2 Å². The highest BCUT2D eigenvalue weighted by Crippen LogP contribution is 2.32. The predicted molar refractivity (Wildman–Crippen MR) is 148 cm³/mol. The molecule has 0 radical (unpaired) electrons. The van der Waals surface area contributed by atoms with E-state index in [1.807, 2.05) is 49.4 Å². The quantitative estimate of drug-likeness (QED) is 0.305. The molecule has 0 fully saturated rings. The number of benzene rings is 3. The number of hydrogen-bond donors (Lipinski definition) is 3. The first kappa shape index (κ1) is 26.2. The highest BCUT2D eigenvalue weighted by molar-refractivity contribution is 6.05. The molecular weight excluding hydrogens is 464 g/mol. The minimum atomic E-state index is -0.874. The van der Waals surface area contributed by atoms with Crippen LogP contribution in [0.15, 0.2) is 72.8 Å². The van der Waals surface area contributed by atoms with Gasteiger partial charge in [0.2, 0.25) is 0 Å². The van der Waals surface area contributed by atoms with Crippen LogP contribution in [0.3, 0.4) is 0 Å². The number of carbonyl (C=O) groups is 2. The molecule has 1 amide bonds. The summed E-state index contributed by atoms with van der Waals surface area (Å²) in [6, 6.07) is 20.9. The lowest BCUT2D eigenvalue weighted by molar-refractivity contribution is -0.137. The standard InChI is InChI=1S/C31H34N2O4/c1-21(26-16-8-13-22-10-6-7-15-27(22)26)30(36)32-28-20-25(19-18-23(28)14-9-17-29(34)35)33(2)31(37)24-11-4-3-5-12-24/h3-6,8,10-13,16,18-21,30,32,36H,7,9,14-15,17H2,1-2H3,(H,34,35). The number of aliphatic carboxylic acids is 1. The van der Waals surface area contributed by atoms with E-state index in [9.17, 15) is 14.7 Å². The molecular formula is C31H34N2O4. The fourth-order valence-corrected chi connectivity index (χ4v) is 4.83. The first-order chi connectivity index (χ1) is 17.8. The van der Waals surface area contributed by atoms with Gasteiger partial charge < -0.3 is 20.4 Å². The van der Waals surface area contributed by atoms with Crippen LogP contribution in [0.25, 0.3) is 6.08 Å². The summed E-state index contributed by atoms with van der Waals surface area (Å²) in [5.41, 5.74) is 6.43. The van der Waals surface area contributed by atoms with Gasteiger partial charge in [0.05, 0.1) is 0 Å². The summed E-state index contributed by atoms with van der Waals surface area (Å²) in [6.07, 6.45) is 6.45. The van der Waals surface area contributed by atoms with Crippen LogP contribution in [0.2, 0.25) is 0 Å². The molecule has 2 atom stereocenters. The Bertz CT molecular complexity index is 1290. The Balaban J connectivity index is 1.60. The number of amides is 1. The summed E-state index contributed by atoms with van der Waals surface area (Å²) in [4.78, 5) is 25.7. The molecule has 3 aromatic rings. The van der Waals surface area contributed by atoms with Crippen molar-refractivity contribution in [1.29, 1.82) is 0 Å². The van der Waals surface area contributed by atoms with Gasteiger partial charge in [-0.1, -0.05) is 61.5 Å². The van der Waals surface area contributed by atoms with Crippen LogP contribution >= 0.6 is 0 Å². The molecule has 3 N–H and O–H groups in total. The van der Waals surface area contributed by atoms with Crippen LogP contribution in [0.1, 0.15) is 64.7 Å². The van der Waals surface area contributed by atoms with E-state index in [4.69, 9.17) is 5.11 Å². The highest BCUT2D eigenvalue weighted by atomic mass is 16.4. The zero-order valence-corrected chi connectivity index (χ0v) is 21.4. The lowest BCUT2D eigenvalue weighted by atomic mass is 9.86. The zero-order valence-electron chi connectivity index (χ0n) is 21.4. The number of anilines is 2. The Kier molecular flexibility index (Phi) is 8.41. The van der Waals surface area contributed by atoms with Crippen molar-refractivity contribution in [3.05, 3.63) is 101 Å². The number of carboxylic acids is 1. The Morgan fingerprint density at radius 3 is 2.59 bits per heavy atom. The Morgan fingerprint density at radius 1 is 1.05 bits per heavy atom. The number of carbonyl (C=O) groups excluding carboxylic acids is 1. The molecule has 2 unspecified atom stereocenters. The molecule has 3 aromatic carbocycles. The minimum Gasteiger partial charge on any atom is -0.481 e. The monoisotopic (exact) mass is 498 g/mol. The van der Waals surface area contributed by atoms with Gasteiger partial charge >= 0.3 is 5.97 Å². The number of allylic oxidation sites excluding steroid dienone is 1. The average molecular weight is 499 g/mol. The van der Waals surface area contributed by atoms with Gasteiger partial charge in [0.25, 0.3) is 5.91 Å². The Morgan fingerprint density at radius 2 is 1.84 bits per heavy atom. The lowest BCUT2D eigenvalue weighted by Gasteiger charge is -2.27. The lowest BCUT2D eigenvalue weighted by Crippen LogP contribution is -2.28. The second kappa shape index (κ2) is 11.9. The number of nitrogens with zero attached hydrogens (tertiary/aromatic N) is 1. The number of aliphatic hydroxyl groups excluding tert-OH is 1. The molecule has 0 heterocycles. The van der Waals surface area contributed by atoms with Gasteiger partial charge in [0, 0.05) is 36.3 Å². The van der Waals surface area contributed by atoms with Crippen molar-refractivity contribution in [3.8, 4) is 0 Å². The molecule has 1 aliphatic rings. The van der Waals surface area contributed by atoms with E-state index >= 15 is 0 Å². The maximum absolute atomic E-state index is 13.0. The van der Waals surface area contributed by atoms with E-state index < -0.39 is 12.2 Å². The van der Waals surface area contributed by atoms with E-state index in [0.29, 0.717) is 29.8 Å². The van der Waals surface area contributed by atoms with Gasteiger partial charge in [0.15, 0.2) is 0 Å². The van der Waals surface area contributed by atoms with Crippen LogP contribution in [-0.4, -0.2) is 35.4 Å². The molecule has 0 bridgehead atoms. The third kappa shape index (κ3) is 6.27. The number of fused-ring (bicyclic) bond motifs is 1. The van der Waals surface area contributed by atoms with Crippen molar-refractivity contribution in [3.63, 3.8) is 0 Å². The normalized spacial score (nSPS) is 13.9. The topological polar surface area (TPSA) is 89.9 Å². The summed E-state index contributed by atoms with van der Waals surface area (Å²) in [7, 11) is 1.72. The van der Waals surface area contributed by atoms with Crippen molar-refractivity contribution in [2.45, 2.75) is 51.2 Å². The van der Waals surface area contributed by atoms with Crippen LogP contribution in [0.4, 0.5) is 11.4 Å². The maximum Gasteiger partial charge on any atom is 0.303 e. The second-order valence-corrected chi connectivity index (χ2v) is 9.55. The summed E-state index contributed by atoms with van der Waals surface area (Å²) in [5, 5.41) is 23.6. The van der Waals surface area contributed by atoms with Crippen LogP contribution in [0, 0.1) is 0 Å². The van der Waals surface area contributed by atoms with Crippen molar-refractivity contribution < 1.29 is 19.8 Å². The Hall–Kier alpha value is -3.90. The van der Waals surface area contributed by atoms with Crippen molar-refractivity contribution in [1.82, 2.24) is 0 Å².